The van der Waals surface area contributed by atoms with Gasteiger partial charge in [-0.05, 0) is 24.6 Å². The van der Waals surface area contributed by atoms with Crippen molar-refractivity contribution in [2.45, 2.75) is 18.7 Å². The molecule has 1 aliphatic rings. The van der Waals surface area contributed by atoms with E-state index in [1.54, 1.807) is 24.3 Å². The van der Waals surface area contributed by atoms with Crippen molar-refractivity contribution in [3.63, 3.8) is 0 Å². The number of ether oxygens (including phenoxy) is 2. The Balaban J connectivity index is 2.17. The van der Waals surface area contributed by atoms with Crippen molar-refractivity contribution < 1.29 is 28.2 Å². The number of aryl methyl sites for hydroxylation is 1. The van der Waals surface area contributed by atoms with Crippen LogP contribution in [-0.4, -0.2) is 37.7 Å². The van der Waals surface area contributed by atoms with Gasteiger partial charge in [0.05, 0.1) is 13.2 Å². The number of carbonyl (C=O) groups is 3. The molecule has 1 fully saturated rings. The van der Waals surface area contributed by atoms with Gasteiger partial charge in [0.2, 0.25) is 0 Å². The molecule has 8 heteroatoms. The summed E-state index contributed by atoms with van der Waals surface area (Å²) in [5.74, 6) is -3.06. The lowest BCUT2D eigenvalue weighted by Crippen LogP contribution is -2.71. The van der Waals surface area contributed by atoms with E-state index in [9.17, 15) is 18.8 Å². The topological polar surface area (TPSA) is 93.7 Å². The van der Waals surface area contributed by atoms with Gasteiger partial charge in [0.1, 0.15) is 11.7 Å². The van der Waals surface area contributed by atoms with Crippen molar-refractivity contribution in [1.82, 2.24) is 10.6 Å². The first-order valence-electron chi connectivity index (χ1n) is 8.91. The number of benzene rings is 2. The first kappa shape index (κ1) is 20.5. The molecule has 2 N–H and O–H groups in total. The number of amides is 2. The predicted octanol–water partition coefficient (Wildman–Crippen LogP) is 2.50. The Morgan fingerprint density at radius 2 is 1.66 bits per heavy atom. The maximum atomic E-state index is 13.5. The molecule has 7 nitrogen and oxygen atoms in total. The van der Waals surface area contributed by atoms with Crippen molar-refractivity contribution in [2.24, 2.45) is 5.92 Å². The summed E-state index contributed by atoms with van der Waals surface area (Å²) in [6, 6.07) is 10.4. The zero-order valence-electron chi connectivity index (χ0n) is 16.2. The average molecular weight is 400 g/mol. The predicted molar refractivity (Wildman–Crippen MR) is 102 cm³/mol. The van der Waals surface area contributed by atoms with Gasteiger partial charge in [-0.1, -0.05) is 42.0 Å². The van der Waals surface area contributed by atoms with E-state index in [0.717, 1.165) is 12.7 Å². The number of hydrogen-bond donors (Lipinski definition) is 2. The second-order valence-corrected chi connectivity index (χ2v) is 6.77. The normalized spacial score (nSPS) is 23.7. The summed E-state index contributed by atoms with van der Waals surface area (Å²) < 4.78 is 23.7. The molecule has 3 unspecified atom stereocenters. The Morgan fingerprint density at radius 3 is 2.21 bits per heavy atom. The molecule has 2 aromatic rings. The minimum atomic E-state index is -2.06. The molecule has 0 spiro atoms. The summed E-state index contributed by atoms with van der Waals surface area (Å²) in [4.78, 5) is 38.6. The summed E-state index contributed by atoms with van der Waals surface area (Å²) in [6.07, 6.45) is 0. The van der Waals surface area contributed by atoms with Crippen LogP contribution in [0.1, 0.15) is 27.5 Å². The van der Waals surface area contributed by atoms with Crippen LogP contribution >= 0.6 is 0 Å². The Hall–Kier alpha value is -3.26. The van der Waals surface area contributed by atoms with Gasteiger partial charge < -0.3 is 14.8 Å². The van der Waals surface area contributed by atoms with E-state index in [-0.39, 0.29) is 0 Å². The molecular formula is C21H21FN2O5. The van der Waals surface area contributed by atoms with Crippen molar-refractivity contribution in [1.29, 1.82) is 0 Å². The summed E-state index contributed by atoms with van der Waals surface area (Å²) in [6.45, 7) is 1.88. The highest BCUT2D eigenvalue weighted by Crippen LogP contribution is 2.38. The third-order valence-electron chi connectivity index (χ3n) is 5.02. The van der Waals surface area contributed by atoms with Crippen LogP contribution in [0.4, 0.5) is 9.18 Å². The molecule has 0 aliphatic carbocycles. The van der Waals surface area contributed by atoms with E-state index in [2.05, 4.69) is 10.6 Å². The minimum Gasteiger partial charge on any atom is -0.465 e. The van der Waals surface area contributed by atoms with E-state index in [1.807, 2.05) is 6.92 Å². The van der Waals surface area contributed by atoms with Crippen LogP contribution in [0.3, 0.4) is 0 Å². The van der Waals surface area contributed by atoms with E-state index in [0.29, 0.717) is 11.1 Å². The van der Waals surface area contributed by atoms with Crippen LogP contribution in [0.2, 0.25) is 0 Å². The van der Waals surface area contributed by atoms with E-state index < -0.39 is 41.3 Å². The maximum Gasteiger partial charge on any atom is 0.360 e. The zero-order chi connectivity index (χ0) is 21.2. The molecule has 3 rings (SSSR count). The number of urea groups is 1. The molecule has 1 heterocycles. The molecule has 0 bridgehead atoms. The van der Waals surface area contributed by atoms with Crippen molar-refractivity contribution in [3.05, 3.63) is 71.0 Å². The molecule has 2 amide bonds. The Labute approximate surface area is 167 Å². The Bertz CT molecular complexity index is 929. The number of halogens is 1. The van der Waals surface area contributed by atoms with E-state index >= 15 is 0 Å². The van der Waals surface area contributed by atoms with Crippen molar-refractivity contribution in [2.75, 3.05) is 14.2 Å². The largest absolute Gasteiger partial charge is 0.465 e. The highest BCUT2D eigenvalue weighted by atomic mass is 19.1. The lowest BCUT2D eigenvalue weighted by molar-refractivity contribution is -0.178. The second kappa shape index (κ2) is 8.00. The monoisotopic (exact) mass is 400 g/mol. The molecule has 1 saturated heterocycles. The van der Waals surface area contributed by atoms with Gasteiger partial charge in [0, 0.05) is 12.7 Å². The second-order valence-electron chi connectivity index (χ2n) is 6.77. The van der Waals surface area contributed by atoms with E-state index in [4.69, 9.17) is 9.47 Å². The molecule has 0 saturated carbocycles. The standard InChI is InChI=1S/C21H21FN2O5/c1-12-4-6-14(7-5-12)18(25)16-17(13-8-10-15(22)11-9-13)23-20(27)24-21(16,29-3)19(26)28-2/h4-11,16-17H,1-3H3,(H2,23,24,27). The third kappa shape index (κ3) is 3.71. The van der Waals surface area contributed by atoms with Gasteiger partial charge in [-0.25, -0.2) is 14.0 Å². The fourth-order valence-corrected chi connectivity index (χ4v) is 3.51. The SMILES string of the molecule is COC(=O)C1(OC)NC(=O)NC(c2ccc(F)cc2)C1C(=O)c1ccc(C)cc1. The highest BCUT2D eigenvalue weighted by Gasteiger charge is 2.59. The smallest absolute Gasteiger partial charge is 0.360 e. The van der Waals surface area contributed by atoms with Crippen molar-refractivity contribution >= 4 is 17.8 Å². The van der Waals surface area contributed by atoms with Crippen LogP contribution in [-0.2, 0) is 14.3 Å². The number of methoxy groups -OCH3 is 2. The van der Waals surface area contributed by atoms with Crippen LogP contribution in [0, 0.1) is 18.7 Å². The number of rotatable bonds is 5. The number of hydrogen-bond acceptors (Lipinski definition) is 5. The highest BCUT2D eigenvalue weighted by molar-refractivity contribution is 6.04. The molecule has 152 valence electrons. The first-order chi connectivity index (χ1) is 13.8. The summed E-state index contributed by atoms with van der Waals surface area (Å²) in [5.41, 5.74) is -0.330. The summed E-state index contributed by atoms with van der Waals surface area (Å²) in [5, 5.41) is 5.06. The Kier molecular flexibility index (Phi) is 5.65. The van der Waals surface area contributed by atoms with Gasteiger partial charge >= 0.3 is 12.0 Å². The number of carbonyl (C=O) groups excluding carboxylic acids is 3. The molecule has 0 radical (unpaired) electrons. The molecular weight excluding hydrogens is 379 g/mol. The van der Waals surface area contributed by atoms with Gasteiger partial charge in [0.25, 0.3) is 5.72 Å². The van der Waals surface area contributed by atoms with E-state index in [1.165, 1.54) is 31.4 Å². The van der Waals surface area contributed by atoms with Crippen LogP contribution in [0.15, 0.2) is 48.5 Å². The van der Waals surface area contributed by atoms with Crippen LogP contribution in [0.25, 0.3) is 0 Å². The fourth-order valence-electron chi connectivity index (χ4n) is 3.51. The van der Waals surface area contributed by atoms with Gasteiger partial charge in [-0.3, -0.25) is 10.1 Å². The lowest BCUT2D eigenvalue weighted by Gasteiger charge is -2.44. The lowest BCUT2D eigenvalue weighted by atomic mass is 9.77. The van der Waals surface area contributed by atoms with Gasteiger partial charge in [-0.15, -0.1) is 0 Å². The molecule has 3 atom stereocenters. The fraction of sp³-hybridized carbons (Fsp3) is 0.286. The average Bonchev–Trinajstić information content (AvgIpc) is 2.73. The number of esters is 1. The molecule has 0 aromatic heterocycles. The van der Waals surface area contributed by atoms with Crippen LogP contribution in [0.5, 0.6) is 0 Å². The minimum absolute atomic E-state index is 0.330. The summed E-state index contributed by atoms with van der Waals surface area (Å²) in [7, 11) is 2.34. The maximum absolute atomic E-state index is 13.5. The quantitative estimate of drug-likeness (QED) is 0.594. The van der Waals surface area contributed by atoms with Crippen LogP contribution < -0.4 is 10.6 Å². The number of nitrogens with one attached hydrogen (secondary N) is 2. The first-order valence-corrected chi connectivity index (χ1v) is 8.91. The number of ketones is 1. The number of Topliss-reactive ketones (excluding diaryl/α,β-unsaturated/α-hetero) is 1. The van der Waals surface area contributed by atoms with Gasteiger partial charge in [-0.2, -0.15) is 0 Å². The molecule has 1 aliphatic heterocycles. The molecule has 29 heavy (non-hydrogen) atoms. The Morgan fingerprint density at radius 1 is 1.03 bits per heavy atom. The summed E-state index contributed by atoms with van der Waals surface area (Å²) >= 11 is 0. The zero-order valence-corrected chi connectivity index (χ0v) is 16.2. The molecule has 2 aromatic carbocycles. The van der Waals surface area contributed by atoms with Gasteiger partial charge in [0.15, 0.2) is 5.78 Å². The van der Waals surface area contributed by atoms with Crippen molar-refractivity contribution in [3.8, 4) is 0 Å². The third-order valence-corrected chi connectivity index (χ3v) is 5.02.